The Kier molecular flexibility index (Phi) is 3.12. The van der Waals surface area contributed by atoms with Crippen LogP contribution in [0, 0.1) is 0 Å². The van der Waals surface area contributed by atoms with E-state index in [0.29, 0.717) is 18.7 Å². The van der Waals surface area contributed by atoms with E-state index in [4.69, 9.17) is 5.11 Å². The largest absolute Gasteiger partial charge is 0.480 e. The number of amides is 1. The highest BCUT2D eigenvalue weighted by molar-refractivity contribution is 5.95. The van der Waals surface area contributed by atoms with Crippen molar-refractivity contribution < 1.29 is 14.7 Å². The SMILES string of the molecule is Cn1cnc(C(=O)N2CCCC[C@H]2C(=O)O)c1. The first-order valence-electron chi connectivity index (χ1n) is 5.61. The number of likely N-dealkylation sites (tertiary alicyclic amines) is 1. The van der Waals surface area contributed by atoms with Crippen LogP contribution in [-0.2, 0) is 11.8 Å². The van der Waals surface area contributed by atoms with Crippen LogP contribution in [0.1, 0.15) is 29.8 Å². The molecule has 1 amide bonds. The summed E-state index contributed by atoms with van der Waals surface area (Å²) >= 11 is 0. The highest BCUT2D eigenvalue weighted by Crippen LogP contribution is 2.19. The van der Waals surface area contributed by atoms with E-state index < -0.39 is 12.0 Å². The number of hydrogen-bond acceptors (Lipinski definition) is 3. The molecule has 1 saturated heterocycles. The predicted molar refractivity (Wildman–Crippen MR) is 59.5 cm³/mol. The molecule has 0 bridgehead atoms. The Labute approximate surface area is 98.9 Å². The maximum atomic E-state index is 12.1. The standard InChI is InChI=1S/C11H15N3O3/c1-13-6-8(12-7-13)10(15)14-5-3-2-4-9(14)11(16)17/h6-7,9H,2-5H2,1H3,(H,16,17)/t9-/m0/s1. The molecular formula is C11H15N3O3. The zero-order chi connectivity index (χ0) is 12.4. The molecule has 0 radical (unpaired) electrons. The first-order chi connectivity index (χ1) is 8.09. The monoisotopic (exact) mass is 237 g/mol. The van der Waals surface area contributed by atoms with E-state index in [0.717, 1.165) is 12.8 Å². The zero-order valence-corrected chi connectivity index (χ0v) is 9.67. The van der Waals surface area contributed by atoms with Gasteiger partial charge in [0.25, 0.3) is 5.91 Å². The lowest BCUT2D eigenvalue weighted by Crippen LogP contribution is -2.48. The number of nitrogens with zero attached hydrogens (tertiary/aromatic N) is 3. The average molecular weight is 237 g/mol. The number of carboxylic acids is 1. The molecule has 6 nitrogen and oxygen atoms in total. The molecule has 17 heavy (non-hydrogen) atoms. The van der Waals surface area contributed by atoms with Crippen molar-refractivity contribution in [2.45, 2.75) is 25.3 Å². The van der Waals surface area contributed by atoms with Gasteiger partial charge in [-0.3, -0.25) is 4.79 Å². The predicted octanol–water partition coefficient (Wildman–Crippen LogP) is 0.499. The summed E-state index contributed by atoms with van der Waals surface area (Å²) in [6, 6.07) is -0.710. The number of piperidine rings is 1. The molecule has 6 heteroatoms. The molecule has 0 aromatic carbocycles. The van der Waals surface area contributed by atoms with Crippen molar-refractivity contribution in [3.63, 3.8) is 0 Å². The fraction of sp³-hybridized carbons (Fsp3) is 0.545. The van der Waals surface area contributed by atoms with Gasteiger partial charge in [0.05, 0.1) is 6.33 Å². The van der Waals surface area contributed by atoms with E-state index in [1.807, 2.05) is 0 Å². The van der Waals surface area contributed by atoms with Gasteiger partial charge in [0.15, 0.2) is 0 Å². The second-order valence-electron chi connectivity index (χ2n) is 4.27. The number of aliphatic carboxylic acids is 1. The molecule has 2 rings (SSSR count). The Morgan fingerprint density at radius 3 is 2.82 bits per heavy atom. The number of rotatable bonds is 2. The Hall–Kier alpha value is -1.85. The van der Waals surface area contributed by atoms with Gasteiger partial charge >= 0.3 is 5.97 Å². The van der Waals surface area contributed by atoms with Gasteiger partial charge in [0.1, 0.15) is 11.7 Å². The van der Waals surface area contributed by atoms with Crippen LogP contribution < -0.4 is 0 Å². The first kappa shape index (κ1) is 11.6. The summed E-state index contributed by atoms with van der Waals surface area (Å²) in [5.74, 6) is -1.23. The Bertz CT molecular complexity index is 441. The summed E-state index contributed by atoms with van der Waals surface area (Å²) in [5, 5.41) is 9.09. The van der Waals surface area contributed by atoms with Gasteiger partial charge < -0.3 is 14.6 Å². The number of aromatic nitrogens is 2. The van der Waals surface area contributed by atoms with Gasteiger partial charge in [-0.25, -0.2) is 9.78 Å². The molecule has 0 spiro atoms. The molecule has 1 N–H and O–H groups in total. The summed E-state index contributed by atoms with van der Waals surface area (Å²) in [4.78, 5) is 28.6. The third kappa shape index (κ3) is 2.30. The third-order valence-electron chi connectivity index (χ3n) is 2.97. The van der Waals surface area contributed by atoms with Crippen LogP contribution in [0.4, 0.5) is 0 Å². The second-order valence-corrected chi connectivity index (χ2v) is 4.27. The van der Waals surface area contributed by atoms with Crippen molar-refractivity contribution in [1.29, 1.82) is 0 Å². The summed E-state index contributed by atoms with van der Waals surface area (Å²) in [6.45, 7) is 0.492. The number of hydrogen-bond donors (Lipinski definition) is 1. The molecule has 1 atom stereocenters. The lowest BCUT2D eigenvalue weighted by atomic mass is 10.0. The molecule has 0 aliphatic carbocycles. The zero-order valence-electron chi connectivity index (χ0n) is 9.67. The van der Waals surface area contributed by atoms with Gasteiger partial charge in [-0.1, -0.05) is 0 Å². The number of carboxylic acid groups (broad SMARTS) is 1. The number of carbonyl (C=O) groups is 2. The fourth-order valence-electron chi connectivity index (χ4n) is 2.10. The summed E-state index contributed by atoms with van der Waals surface area (Å²) in [5.41, 5.74) is 0.306. The normalized spacial score (nSPS) is 20.3. The van der Waals surface area contributed by atoms with Crippen LogP contribution in [0.5, 0.6) is 0 Å². The van der Waals surface area contributed by atoms with Gasteiger partial charge in [-0.15, -0.1) is 0 Å². The summed E-state index contributed by atoms with van der Waals surface area (Å²) < 4.78 is 1.67. The topological polar surface area (TPSA) is 75.4 Å². The molecule has 1 aliphatic rings. The van der Waals surface area contributed by atoms with Crippen molar-refractivity contribution in [3.05, 3.63) is 18.2 Å². The Morgan fingerprint density at radius 1 is 1.47 bits per heavy atom. The molecule has 1 aromatic rings. The van der Waals surface area contributed by atoms with Crippen LogP contribution in [-0.4, -0.2) is 44.0 Å². The molecule has 1 fully saturated rings. The van der Waals surface area contributed by atoms with Crippen molar-refractivity contribution in [3.8, 4) is 0 Å². The fourth-order valence-corrected chi connectivity index (χ4v) is 2.10. The minimum atomic E-state index is -0.936. The van der Waals surface area contributed by atoms with Gasteiger partial charge in [-0.2, -0.15) is 0 Å². The lowest BCUT2D eigenvalue weighted by molar-refractivity contribution is -0.143. The number of imidazole rings is 1. The maximum absolute atomic E-state index is 12.1. The average Bonchev–Trinajstić information content (AvgIpc) is 2.75. The van der Waals surface area contributed by atoms with E-state index in [2.05, 4.69) is 4.98 Å². The molecule has 92 valence electrons. The van der Waals surface area contributed by atoms with Crippen LogP contribution in [0.15, 0.2) is 12.5 Å². The van der Waals surface area contributed by atoms with E-state index in [1.54, 1.807) is 17.8 Å². The van der Waals surface area contributed by atoms with E-state index in [-0.39, 0.29) is 5.91 Å². The van der Waals surface area contributed by atoms with Crippen LogP contribution in [0.2, 0.25) is 0 Å². The highest BCUT2D eigenvalue weighted by Gasteiger charge is 2.33. The van der Waals surface area contributed by atoms with Crippen LogP contribution >= 0.6 is 0 Å². The lowest BCUT2D eigenvalue weighted by Gasteiger charge is -2.32. The van der Waals surface area contributed by atoms with Gasteiger partial charge in [0.2, 0.25) is 0 Å². The Morgan fingerprint density at radius 2 is 2.24 bits per heavy atom. The summed E-state index contributed by atoms with van der Waals surface area (Å²) in [6.07, 6.45) is 5.36. The third-order valence-corrected chi connectivity index (χ3v) is 2.97. The second kappa shape index (κ2) is 4.57. The quantitative estimate of drug-likeness (QED) is 0.812. The molecule has 1 aliphatic heterocycles. The van der Waals surface area contributed by atoms with Gasteiger partial charge in [-0.05, 0) is 19.3 Å². The maximum Gasteiger partial charge on any atom is 0.326 e. The Balaban J connectivity index is 2.19. The molecule has 0 saturated carbocycles. The first-order valence-corrected chi connectivity index (χ1v) is 5.61. The van der Waals surface area contributed by atoms with Crippen molar-refractivity contribution in [1.82, 2.24) is 14.5 Å². The number of carbonyl (C=O) groups excluding carboxylic acids is 1. The molecule has 1 aromatic heterocycles. The van der Waals surface area contributed by atoms with Crippen molar-refractivity contribution >= 4 is 11.9 Å². The van der Waals surface area contributed by atoms with Gasteiger partial charge in [0, 0.05) is 19.8 Å². The van der Waals surface area contributed by atoms with E-state index in [9.17, 15) is 9.59 Å². The minimum Gasteiger partial charge on any atom is -0.480 e. The number of aryl methyl sites for hydroxylation is 1. The molecular weight excluding hydrogens is 222 g/mol. The highest BCUT2D eigenvalue weighted by atomic mass is 16.4. The van der Waals surface area contributed by atoms with Crippen LogP contribution in [0.3, 0.4) is 0 Å². The van der Waals surface area contributed by atoms with E-state index in [1.165, 1.54) is 11.2 Å². The van der Waals surface area contributed by atoms with Crippen LogP contribution in [0.25, 0.3) is 0 Å². The summed E-state index contributed by atoms with van der Waals surface area (Å²) in [7, 11) is 1.77. The van der Waals surface area contributed by atoms with Crippen molar-refractivity contribution in [2.24, 2.45) is 7.05 Å². The molecule has 0 unspecified atom stereocenters. The van der Waals surface area contributed by atoms with E-state index >= 15 is 0 Å². The molecule has 2 heterocycles. The van der Waals surface area contributed by atoms with Crippen molar-refractivity contribution in [2.75, 3.05) is 6.54 Å². The smallest absolute Gasteiger partial charge is 0.326 e. The minimum absolute atomic E-state index is 0.294.